The Morgan fingerprint density at radius 1 is 1.73 bits per heavy atom. The highest BCUT2D eigenvalue weighted by atomic mass is 32.1. The Hall–Kier alpha value is -0.450. The van der Waals surface area contributed by atoms with E-state index in [1.54, 1.807) is 11.3 Å². The molecule has 3 nitrogen and oxygen atoms in total. The van der Waals surface area contributed by atoms with Crippen LogP contribution < -0.4 is 5.32 Å². The Labute approximate surface area is 94.9 Å². The van der Waals surface area contributed by atoms with Gasteiger partial charge in [-0.05, 0) is 12.8 Å². The quantitative estimate of drug-likeness (QED) is 0.834. The minimum atomic E-state index is 0.438. The van der Waals surface area contributed by atoms with Gasteiger partial charge >= 0.3 is 0 Å². The first-order valence-electron chi connectivity index (χ1n) is 5.58. The molecule has 0 amide bonds. The molecule has 0 saturated carbocycles. The maximum atomic E-state index is 5.55. The Morgan fingerprint density at radius 2 is 2.67 bits per heavy atom. The molecule has 0 aliphatic carbocycles. The fraction of sp³-hybridized carbons (Fsp3) is 0.727. The number of ether oxygens (including phenoxy) is 1. The molecule has 2 heterocycles. The first-order valence-corrected chi connectivity index (χ1v) is 6.46. The molecule has 1 aliphatic rings. The molecule has 0 bridgehead atoms. The summed E-state index contributed by atoms with van der Waals surface area (Å²) in [5.41, 5.74) is 0. The van der Waals surface area contributed by atoms with Crippen molar-refractivity contribution in [2.45, 2.75) is 31.8 Å². The van der Waals surface area contributed by atoms with Crippen LogP contribution in [0.2, 0.25) is 0 Å². The maximum Gasteiger partial charge on any atom is 0.0965 e. The van der Waals surface area contributed by atoms with E-state index in [2.05, 4.69) is 17.2 Å². The van der Waals surface area contributed by atoms with Crippen molar-refractivity contribution in [1.29, 1.82) is 0 Å². The number of rotatable bonds is 5. The van der Waals surface area contributed by atoms with Crippen molar-refractivity contribution in [1.82, 2.24) is 10.3 Å². The van der Waals surface area contributed by atoms with E-state index in [0.29, 0.717) is 12.0 Å². The zero-order valence-corrected chi connectivity index (χ0v) is 9.93. The fourth-order valence-electron chi connectivity index (χ4n) is 1.83. The summed E-state index contributed by atoms with van der Waals surface area (Å²) in [6.07, 6.45) is 4.73. The summed E-state index contributed by atoms with van der Waals surface area (Å²) in [5, 5.41) is 6.71. The van der Waals surface area contributed by atoms with Crippen molar-refractivity contribution >= 4 is 11.3 Å². The Bertz CT molecular complexity index is 270. The summed E-state index contributed by atoms with van der Waals surface area (Å²) in [4.78, 5) is 4.31. The van der Waals surface area contributed by atoms with Gasteiger partial charge in [0, 0.05) is 37.2 Å². The highest BCUT2D eigenvalue weighted by Gasteiger charge is 2.15. The molecule has 2 unspecified atom stereocenters. The van der Waals surface area contributed by atoms with Crippen molar-refractivity contribution in [2.75, 3.05) is 19.7 Å². The van der Waals surface area contributed by atoms with Crippen molar-refractivity contribution in [2.24, 2.45) is 0 Å². The van der Waals surface area contributed by atoms with Gasteiger partial charge in [0.2, 0.25) is 0 Å². The van der Waals surface area contributed by atoms with Crippen molar-refractivity contribution in [3.63, 3.8) is 0 Å². The summed E-state index contributed by atoms with van der Waals surface area (Å²) >= 11 is 1.73. The average molecular weight is 226 g/mol. The molecule has 4 heteroatoms. The standard InChI is InChI=1S/C11H18N2OS/c1-9(11-13-4-6-15-11)7-12-8-10-3-2-5-14-10/h4,6,9-10,12H,2-3,5,7-8H2,1H3. The molecule has 1 fully saturated rings. The lowest BCUT2D eigenvalue weighted by Gasteiger charge is -2.13. The SMILES string of the molecule is CC(CNCC1CCCO1)c1nccs1. The third-order valence-corrected chi connectivity index (χ3v) is 3.73. The first-order chi connectivity index (χ1) is 7.36. The molecule has 2 rings (SSSR count). The summed E-state index contributed by atoms with van der Waals surface area (Å²) in [6.45, 7) is 5.12. The molecule has 15 heavy (non-hydrogen) atoms. The van der Waals surface area contributed by atoms with Gasteiger partial charge in [0.15, 0.2) is 0 Å². The van der Waals surface area contributed by atoms with E-state index < -0.39 is 0 Å². The van der Waals surface area contributed by atoms with Gasteiger partial charge in [0.25, 0.3) is 0 Å². The number of aromatic nitrogens is 1. The van der Waals surface area contributed by atoms with Gasteiger partial charge in [-0.3, -0.25) is 0 Å². The van der Waals surface area contributed by atoms with Gasteiger partial charge in [-0.25, -0.2) is 4.98 Å². The van der Waals surface area contributed by atoms with E-state index >= 15 is 0 Å². The molecule has 2 atom stereocenters. The van der Waals surface area contributed by atoms with Gasteiger partial charge in [0.05, 0.1) is 11.1 Å². The van der Waals surface area contributed by atoms with Crippen LogP contribution in [0.4, 0.5) is 0 Å². The minimum absolute atomic E-state index is 0.438. The van der Waals surface area contributed by atoms with Crippen LogP contribution in [0, 0.1) is 0 Å². The fourth-order valence-corrected chi connectivity index (χ4v) is 2.53. The Kier molecular flexibility index (Phi) is 4.11. The van der Waals surface area contributed by atoms with Crippen LogP contribution in [0.25, 0.3) is 0 Å². The lowest BCUT2D eigenvalue weighted by atomic mass is 10.2. The van der Waals surface area contributed by atoms with Gasteiger partial charge in [-0.1, -0.05) is 6.92 Å². The zero-order valence-electron chi connectivity index (χ0n) is 9.11. The van der Waals surface area contributed by atoms with Crippen molar-refractivity contribution in [3.05, 3.63) is 16.6 Å². The number of thiazole rings is 1. The second kappa shape index (κ2) is 5.58. The highest BCUT2D eigenvalue weighted by molar-refractivity contribution is 7.09. The van der Waals surface area contributed by atoms with Gasteiger partial charge in [-0.2, -0.15) is 0 Å². The summed E-state index contributed by atoms with van der Waals surface area (Å²) < 4.78 is 5.55. The molecule has 0 radical (unpaired) electrons. The summed E-state index contributed by atoms with van der Waals surface area (Å²) in [5.74, 6) is 0.506. The molecule has 0 aromatic carbocycles. The smallest absolute Gasteiger partial charge is 0.0965 e. The Balaban J connectivity index is 1.65. The van der Waals surface area contributed by atoms with E-state index in [9.17, 15) is 0 Å². The molecule has 0 spiro atoms. The monoisotopic (exact) mass is 226 g/mol. The van der Waals surface area contributed by atoms with Crippen LogP contribution in [0.5, 0.6) is 0 Å². The second-order valence-electron chi connectivity index (χ2n) is 4.06. The van der Waals surface area contributed by atoms with Gasteiger partial charge < -0.3 is 10.1 Å². The molecular weight excluding hydrogens is 208 g/mol. The van der Waals surface area contributed by atoms with Crippen molar-refractivity contribution in [3.8, 4) is 0 Å². The van der Waals surface area contributed by atoms with E-state index in [1.807, 2.05) is 11.6 Å². The summed E-state index contributed by atoms with van der Waals surface area (Å²) in [6, 6.07) is 0. The maximum absolute atomic E-state index is 5.55. The van der Waals surface area contributed by atoms with E-state index in [1.165, 1.54) is 17.8 Å². The van der Waals surface area contributed by atoms with E-state index in [-0.39, 0.29) is 0 Å². The number of hydrogen-bond donors (Lipinski definition) is 1. The van der Waals surface area contributed by atoms with E-state index in [4.69, 9.17) is 4.74 Å². The van der Waals surface area contributed by atoms with Gasteiger partial charge in [0.1, 0.15) is 0 Å². The topological polar surface area (TPSA) is 34.1 Å². The predicted molar refractivity (Wildman–Crippen MR) is 62.4 cm³/mol. The minimum Gasteiger partial charge on any atom is -0.377 e. The number of nitrogens with zero attached hydrogens (tertiary/aromatic N) is 1. The van der Waals surface area contributed by atoms with Gasteiger partial charge in [-0.15, -0.1) is 11.3 Å². The van der Waals surface area contributed by atoms with Crippen LogP contribution in [-0.2, 0) is 4.74 Å². The predicted octanol–water partition coefficient (Wildman–Crippen LogP) is 2.02. The van der Waals surface area contributed by atoms with Crippen LogP contribution in [-0.4, -0.2) is 30.8 Å². The molecule has 1 aromatic rings. The third kappa shape index (κ3) is 3.26. The lowest BCUT2D eigenvalue weighted by molar-refractivity contribution is 0.110. The number of nitrogens with one attached hydrogen (secondary N) is 1. The van der Waals surface area contributed by atoms with Crippen LogP contribution in [0.15, 0.2) is 11.6 Å². The molecule has 1 aromatic heterocycles. The first kappa shape index (κ1) is 11.0. The largest absolute Gasteiger partial charge is 0.377 e. The third-order valence-electron chi connectivity index (χ3n) is 2.72. The molecule has 1 N–H and O–H groups in total. The number of hydrogen-bond acceptors (Lipinski definition) is 4. The average Bonchev–Trinajstić information content (AvgIpc) is 2.90. The summed E-state index contributed by atoms with van der Waals surface area (Å²) in [7, 11) is 0. The Morgan fingerprint density at radius 3 is 3.33 bits per heavy atom. The lowest BCUT2D eigenvalue weighted by Crippen LogP contribution is -2.29. The normalized spacial score (nSPS) is 23.1. The van der Waals surface area contributed by atoms with Crippen molar-refractivity contribution < 1.29 is 4.74 Å². The zero-order chi connectivity index (χ0) is 10.5. The van der Waals surface area contributed by atoms with Crippen LogP contribution in [0.3, 0.4) is 0 Å². The van der Waals surface area contributed by atoms with Crippen LogP contribution >= 0.6 is 11.3 Å². The molecule has 1 saturated heterocycles. The second-order valence-corrected chi connectivity index (χ2v) is 4.99. The van der Waals surface area contributed by atoms with E-state index in [0.717, 1.165) is 19.7 Å². The molecule has 84 valence electrons. The molecular formula is C11H18N2OS. The van der Waals surface area contributed by atoms with Crippen LogP contribution in [0.1, 0.15) is 30.7 Å². The highest BCUT2D eigenvalue weighted by Crippen LogP contribution is 2.16. The molecule has 1 aliphatic heterocycles.